The first-order valence-corrected chi connectivity index (χ1v) is 8.04. The summed E-state index contributed by atoms with van der Waals surface area (Å²) >= 11 is 0. The number of anilines is 1. The molecule has 2 N–H and O–H groups in total. The second kappa shape index (κ2) is 6.55. The van der Waals surface area contributed by atoms with Gasteiger partial charge in [-0.15, -0.1) is 0 Å². The van der Waals surface area contributed by atoms with Crippen LogP contribution in [0.15, 0.2) is 35.7 Å². The summed E-state index contributed by atoms with van der Waals surface area (Å²) in [5.74, 6) is 0.449. The summed E-state index contributed by atoms with van der Waals surface area (Å²) in [5, 5.41) is 4.37. The molecule has 0 aliphatic heterocycles. The van der Waals surface area contributed by atoms with E-state index in [0.29, 0.717) is 25.3 Å². The number of nitrogen functional groups attached to an aromatic ring is 1. The molecule has 126 valence electrons. The van der Waals surface area contributed by atoms with Gasteiger partial charge in [0.1, 0.15) is 18.8 Å². The molecule has 1 aliphatic carbocycles. The molecular weight excluding hydrogens is 307 g/mol. The number of hydrogen-bond acceptors (Lipinski definition) is 5. The highest BCUT2D eigenvalue weighted by atomic mass is 19.1. The fraction of sp³-hybridized carbons (Fsp3) is 0.389. The lowest BCUT2D eigenvalue weighted by Crippen LogP contribution is -2.36. The first-order valence-electron chi connectivity index (χ1n) is 8.04. The number of halogens is 1. The number of rotatable bonds is 5. The van der Waals surface area contributed by atoms with Crippen LogP contribution >= 0.6 is 0 Å². The molecule has 24 heavy (non-hydrogen) atoms. The summed E-state index contributed by atoms with van der Waals surface area (Å²) < 4.78 is 12.2. The van der Waals surface area contributed by atoms with E-state index in [2.05, 4.69) is 15.1 Å². The molecule has 2 aromatic rings. The number of benzene rings is 1. The van der Waals surface area contributed by atoms with Crippen LogP contribution in [0, 0.1) is 0 Å². The number of fused-ring (bicyclic) bond motifs is 3. The van der Waals surface area contributed by atoms with Crippen molar-refractivity contribution in [1.82, 2.24) is 9.97 Å². The molecule has 1 aromatic carbocycles. The second-order valence-electron chi connectivity index (χ2n) is 6.32. The quantitative estimate of drug-likeness (QED) is 0.673. The normalized spacial score (nSPS) is 16.5. The Labute approximate surface area is 140 Å². The third-order valence-electron chi connectivity index (χ3n) is 4.31. The van der Waals surface area contributed by atoms with Crippen LogP contribution in [-0.2, 0) is 10.3 Å². The molecule has 0 saturated carbocycles. The van der Waals surface area contributed by atoms with Crippen LogP contribution in [0.4, 0.5) is 10.2 Å². The molecule has 6 heteroatoms. The highest BCUT2D eigenvalue weighted by Crippen LogP contribution is 2.44. The van der Waals surface area contributed by atoms with Gasteiger partial charge in [-0.25, -0.2) is 9.97 Å². The standard InChI is InChI=1S/C18H21FN4O/c1-18(2)14-15(21-11-22-17(14)20)12-7-3-4-8-13(12)16(18)23-24-10-6-5-9-19/h3-4,7-8,11H,5-6,9-10H2,1-2H3,(H2,20,21,22). The van der Waals surface area contributed by atoms with Crippen molar-refractivity contribution < 1.29 is 9.23 Å². The first-order chi connectivity index (χ1) is 11.6. The van der Waals surface area contributed by atoms with Gasteiger partial charge in [0.05, 0.1) is 18.1 Å². The van der Waals surface area contributed by atoms with Crippen LogP contribution in [0.1, 0.15) is 37.8 Å². The lowest BCUT2D eigenvalue weighted by molar-refractivity contribution is 0.136. The number of hydrogen-bond donors (Lipinski definition) is 1. The molecule has 0 saturated heterocycles. The highest BCUT2D eigenvalue weighted by Gasteiger charge is 2.40. The zero-order valence-corrected chi connectivity index (χ0v) is 13.9. The molecule has 0 fully saturated rings. The first kappa shape index (κ1) is 16.4. The van der Waals surface area contributed by atoms with Crippen LogP contribution in [0.25, 0.3) is 11.3 Å². The van der Waals surface area contributed by atoms with E-state index in [9.17, 15) is 4.39 Å². The number of oxime groups is 1. The number of unbranched alkanes of at least 4 members (excludes halogenated alkanes) is 1. The summed E-state index contributed by atoms with van der Waals surface area (Å²) in [6.07, 6.45) is 2.60. The largest absolute Gasteiger partial charge is 0.396 e. The SMILES string of the molecule is CC1(C)C(=NOCCCCF)c2ccccc2-c2ncnc(N)c21. The fourth-order valence-corrected chi connectivity index (χ4v) is 3.11. The van der Waals surface area contributed by atoms with Gasteiger partial charge >= 0.3 is 0 Å². The second-order valence-corrected chi connectivity index (χ2v) is 6.32. The molecule has 0 radical (unpaired) electrons. The van der Waals surface area contributed by atoms with Gasteiger partial charge in [0, 0.05) is 22.1 Å². The molecule has 1 aromatic heterocycles. The van der Waals surface area contributed by atoms with Gasteiger partial charge in [0.15, 0.2) is 0 Å². The molecule has 0 bridgehead atoms. The van der Waals surface area contributed by atoms with Gasteiger partial charge in [0.25, 0.3) is 0 Å². The fourth-order valence-electron chi connectivity index (χ4n) is 3.11. The lowest BCUT2D eigenvalue weighted by atomic mass is 9.70. The maximum atomic E-state index is 12.2. The Bertz CT molecular complexity index is 773. The topological polar surface area (TPSA) is 73.4 Å². The molecule has 1 aliphatic rings. The summed E-state index contributed by atoms with van der Waals surface area (Å²) in [6, 6.07) is 7.92. The maximum Gasteiger partial charge on any atom is 0.131 e. The van der Waals surface area contributed by atoms with Crippen LogP contribution < -0.4 is 5.73 Å². The van der Waals surface area contributed by atoms with Gasteiger partial charge in [-0.1, -0.05) is 29.4 Å². The Morgan fingerprint density at radius 3 is 2.67 bits per heavy atom. The molecular formula is C18H21FN4O. The monoisotopic (exact) mass is 328 g/mol. The molecule has 0 atom stereocenters. The van der Waals surface area contributed by atoms with E-state index in [0.717, 1.165) is 28.1 Å². The zero-order valence-electron chi connectivity index (χ0n) is 13.9. The Morgan fingerprint density at radius 2 is 1.92 bits per heavy atom. The molecule has 1 heterocycles. The van der Waals surface area contributed by atoms with Crippen molar-refractivity contribution in [3.63, 3.8) is 0 Å². The predicted octanol–water partition coefficient (Wildman–Crippen LogP) is 3.49. The average Bonchev–Trinajstić information content (AvgIpc) is 2.57. The molecule has 0 spiro atoms. The highest BCUT2D eigenvalue weighted by molar-refractivity contribution is 6.15. The third-order valence-corrected chi connectivity index (χ3v) is 4.31. The minimum Gasteiger partial charge on any atom is -0.396 e. The van der Waals surface area contributed by atoms with Crippen molar-refractivity contribution in [2.24, 2.45) is 5.16 Å². The maximum absolute atomic E-state index is 12.2. The van der Waals surface area contributed by atoms with Crippen LogP contribution in [0.5, 0.6) is 0 Å². The van der Waals surface area contributed by atoms with E-state index in [1.165, 1.54) is 6.33 Å². The Kier molecular flexibility index (Phi) is 4.46. The van der Waals surface area contributed by atoms with Gasteiger partial charge in [-0.2, -0.15) is 0 Å². The van der Waals surface area contributed by atoms with Gasteiger partial charge in [-0.05, 0) is 26.7 Å². The number of alkyl halides is 1. The van der Waals surface area contributed by atoms with E-state index in [4.69, 9.17) is 10.6 Å². The van der Waals surface area contributed by atoms with E-state index in [1.54, 1.807) is 0 Å². The third kappa shape index (κ3) is 2.72. The lowest BCUT2D eigenvalue weighted by Gasteiger charge is -2.34. The average molecular weight is 328 g/mol. The number of nitrogens with two attached hydrogens (primary N) is 1. The van der Waals surface area contributed by atoms with Crippen molar-refractivity contribution in [3.05, 3.63) is 41.7 Å². The van der Waals surface area contributed by atoms with E-state index in [-0.39, 0.29) is 6.67 Å². The Balaban J connectivity index is 2.07. The molecule has 0 unspecified atom stereocenters. The summed E-state index contributed by atoms with van der Waals surface area (Å²) in [4.78, 5) is 14.1. The van der Waals surface area contributed by atoms with Gasteiger partial charge in [0.2, 0.25) is 0 Å². The summed E-state index contributed by atoms with van der Waals surface area (Å²) in [5.41, 5.74) is 10.1. The van der Waals surface area contributed by atoms with Gasteiger partial charge < -0.3 is 10.6 Å². The van der Waals surface area contributed by atoms with Crippen molar-refractivity contribution >= 4 is 11.5 Å². The summed E-state index contributed by atoms with van der Waals surface area (Å²) in [6.45, 7) is 4.12. The predicted molar refractivity (Wildman–Crippen MR) is 92.6 cm³/mol. The van der Waals surface area contributed by atoms with Crippen LogP contribution in [0.3, 0.4) is 0 Å². The molecule has 0 amide bonds. The summed E-state index contributed by atoms with van der Waals surface area (Å²) in [7, 11) is 0. The van der Waals surface area contributed by atoms with Crippen LogP contribution in [-0.4, -0.2) is 29.0 Å². The molecule has 5 nitrogen and oxygen atoms in total. The van der Waals surface area contributed by atoms with Crippen LogP contribution in [0.2, 0.25) is 0 Å². The molecule has 3 rings (SSSR count). The minimum atomic E-state index is -0.491. The minimum absolute atomic E-state index is 0.338. The Morgan fingerprint density at radius 1 is 1.17 bits per heavy atom. The van der Waals surface area contributed by atoms with E-state index < -0.39 is 5.41 Å². The van der Waals surface area contributed by atoms with E-state index >= 15 is 0 Å². The number of nitrogens with zero attached hydrogens (tertiary/aromatic N) is 3. The number of aromatic nitrogens is 2. The van der Waals surface area contributed by atoms with Crippen molar-refractivity contribution in [1.29, 1.82) is 0 Å². The van der Waals surface area contributed by atoms with Gasteiger partial charge in [-0.3, -0.25) is 4.39 Å². The van der Waals surface area contributed by atoms with Crippen molar-refractivity contribution in [2.75, 3.05) is 19.0 Å². The Hall–Kier alpha value is -2.50. The van der Waals surface area contributed by atoms with Crippen molar-refractivity contribution in [2.45, 2.75) is 32.1 Å². The smallest absolute Gasteiger partial charge is 0.131 e. The van der Waals surface area contributed by atoms with E-state index in [1.807, 2.05) is 38.1 Å². The van der Waals surface area contributed by atoms with Crippen molar-refractivity contribution in [3.8, 4) is 11.3 Å². The zero-order chi connectivity index (χ0) is 17.2.